The number of nitrogens with zero attached hydrogens (tertiary/aromatic N) is 2. The molecule has 156 valence electrons. The van der Waals surface area contributed by atoms with Crippen LogP contribution < -0.4 is 5.32 Å². The average Bonchev–Trinajstić information content (AvgIpc) is 2.81. The number of benzene rings is 1. The standard InChI is InChI=1S/C24H27N3O2S/c1-17-6-10-24(16-27-17,30-22-14-18(15-25)7-11-26-22)23(28)21-5-3-2-4-20(21)19-8-12-29-13-9-19/h2-5,7,11,14,17,19,27H,6,8-10,12-13,16H2,1H3/t17-,24-/m1/s1. The Morgan fingerprint density at radius 1 is 1.27 bits per heavy atom. The quantitative estimate of drug-likeness (QED) is 0.724. The second-order valence-corrected chi connectivity index (χ2v) is 9.62. The van der Waals surface area contributed by atoms with E-state index >= 15 is 0 Å². The molecule has 0 aliphatic carbocycles. The first kappa shape index (κ1) is 21.0. The number of Topliss-reactive ketones (excluding diaryl/α,β-unsaturated/α-hetero) is 1. The Balaban J connectivity index is 1.69. The van der Waals surface area contributed by atoms with E-state index in [1.807, 2.05) is 18.2 Å². The average molecular weight is 422 g/mol. The van der Waals surface area contributed by atoms with Crippen LogP contribution in [0.1, 0.15) is 60.0 Å². The molecule has 1 aromatic heterocycles. The van der Waals surface area contributed by atoms with Crippen LogP contribution >= 0.6 is 11.8 Å². The minimum Gasteiger partial charge on any atom is -0.381 e. The van der Waals surface area contributed by atoms with Crippen LogP contribution in [0.3, 0.4) is 0 Å². The zero-order chi connectivity index (χ0) is 21.0. The first-order valence-corrected chi connectivity index (χ1v) is 11.4. The Bertz CT molecular complexity index is 941. The third-order valence-electron chi connectivity index (χ3n) is 6.16. The maximum Gasteiger partial charge on any atom is 0.180 e. The monoisotopic (exact) mass is 421 g/mol. The van der Waals surface area contributed by atoms with Crippen molar-refractivity contribution in [2.24, 2.45) is 0 Å². The highest BCUT2D eigenvalue weighted by atomic mass is 32.2. The normalized spacial score (nSPS) is 24.9. The number of hydrogen-bond donors (Lipinski definition) is 1. The minimum absolute atomic E-state index is 0.165. The maximum absolute atomic E-state index is 14.1. The molecule has 0 unspecified atom stereocenters. The Labute approximate surface area is 182 Å². The molecule has 2 fully saturated rings. The van der Waals surface area contributed by atoms with E-state index < -0.39 is 4.75 Å². The Hall–Kier alpha value is -2.20. The summed E-state index contributed by atoms with van der Waals surface area (Å²) in [5.74, 6) is 0.523. The second kappa shape index (κ2) is 9.30. The molecule has 2 atom stereocenters. The number of thioether (sulfide) groups is 1. The molecule has 0 radical (unpaired) electrons. The van der Waals surface area contributed by atoms with E-state index in [2.05, 4.69) is 29.4 Å². The van der Waals surface area contributed by atoms with Gasteiger partial charge in [0.15, 0.2) is 5.78 Å². The van der Waals surface area contributed by atoms with Crippen LogP contribution in [0.5, 0.6) is 0 Å². The van der Waals surface area contributed by atoms with Crippen molar-refractivity contribution in [3.05, 3.63) is 59.3 Å². The van der Waals surface area contributed by atoms with Crippen molar-refractivity contribution in [3.8, 4) is 6.07 Å². The number of carbonyl (C=O) groups is 1. The molecule has 1 aromatic carbocycles. The first-order chi connectivity index (χ1) is 14.6. The molecule has 30 heavy (non-hydrogen) atoms. The molecule has 4 rings (SSSR count). The van der Waals surface area contributed by atoms with Crippen molar-refractivity contribution in [2.45, 2.75) is 54.3 Å². The number of ketones is 1. The van der Waals surface area contributed by atoms with Crippen molar-refractivity contribution < 1.29 is 9.53 Å². The van der Waals surface area contributed by atoms with Gasteiger partial charge in [-0.1, -0.05) is 36.0 Å². The summed E-state index contributed by atoms with van der Waals surface area (Å²) in [6, 6.07) is 14.1. The van der Waals surface area contributed by atoms with Crippen LogP contribution in [0, 0.1) is 11.3 Å². The molecular weight excluding hydrogens is 394 g/mol. The van der Waals surface area contributed by atoms with Gasteiger partial charge in [-0.15, -0.1) is 0 Å². The van der Waals surface area contributed by atoms with Crippen LogP contribution in [-0.4, -0.2) is 41.3 Å². The third kappa shape index (κ3) is 4.44. The Kier molecular flexibility index (Phi) is 6.52. The highest BCUT2D eigenvalue weighted by Crippen LogP contribution is 2.42. The Morgan fingerprint density at radius 3 is 2.80 bits per heavy atom. The van der Waals surface area contributed by atoms with Crippen molar-refractivity contribution in [1.29, 1.82) is 5.26 Å². The van der Waals surface area contributed by atoms with Crippen LogP contribution in [0.2, 0.25) is 0 Å². The fourth-order valence-electron chi connectivity index (χ4n) is 4.36. The van der Waals surface area contributed by atoms with Gasteiger partial charge in [0.25, 0.3) is 0 Å². The van der Waals surface area contributed by atoms with E-state index in [1.54, 1.807) is 18.3 Å². The number of ether oxygens (including phenoxy) is 1. The molecule has 1 N–H and O–H groups in total. The van der Waals surface area contributed by atoms with E-state index in [0.717, 1.165) is 55.0 Å². The van der Waals surface area contributed by atoms with Gasteiger partial charge in [-0.25, -0.2) is 4.98 Å². The topological polar surface area (TPSA) is 75.0 Å². The molecule has 2 aliphatic rings. The number of piperidine rings is 1. The molecule has 0 spiro atoms. The molecule has 0 bridgehead atoms. The lowest BCUT2D eigenvalue weighted by atomic mass is 9.81. The van der Waals surface area contributed by atoms with Gasteiger partial charge in [-0.05, 0) is 56.2 Å². The molecule has 0 saturated carbocycles. The first-order valence-electron chi connectivity index (χ1n) is 10.6. The van der Waals surface area contributed by atoms with Gasteiger partial charge in [0.2, 0.25) is 0 Å². The van der Waals surface area contributed by atoms with Gasteiger partial charge < -0.3 is 10.1 Å². The lowest BCUT2D eigenvalue weighted by Gasteiger charge is -2.39. The summed E-state index contributed by atoms with van der Waals surface area (Å²) in [4.78, 5) is 18.5. The SMILES string of the molecule is C[C@@H]1CC[C@](Sc2cc(C#N)ccn2)(C(=O)c2ccccc2C2CCOCC2)CN1. The molecule has 0 amide bonds. The molecule has 5 nitrogen and oxygen atoms in total. The van der Waals surface area contributed by atoms with E-state index in [0.29, 0.717) is 24.1 Å². The summed E-state index contributed by atoms with van der Waals surface area (Å²) in [6.45, 7) is 4.25. The number of aromatic nitrogens is 1. The molecule has 2 saturated heterocycles. The number of nitriles is 1. The highest BCUT2D eigenvalue weighted by molar-refractivity contribution is 8.01. The van der Waals surface area contributed by atoms with Crippen molar-refractivity contribution in [2.75, 3.05) is 19.8 Å². The Morgan fingerprint density at radius 2 is 2.07 bits per heavy atom. The van der Waals surface area contributed by atoms with Gasteiger partial charge in [-0.3, -0.25) is 4.79 Å². The number of rotatable bonds is 5. The van der Waals surface area contributed by atoms with Gasteiger partial charge in [0, 0.05) is 37.6 Å². The summed E-state index contributed by atoms with van der Waals surface area (Å²) >= 11 is 1.50. The second-order valence-electron chi connectivity index (χ2n) is 8.21. The fraction of sp³-hybridized carbons (Fsp3) is 0.458. The molecule has 6 heteroatoms. The zero-order valence-corrected chi connectivity index (χ0v) is 18.1. The summed E-state index contributed by atoms with van der Waals surface area (Å²) < 4.78 is 4.91. The molecule has 2 aliphatic heterocycles. The summed E-state index contributed by atoms with van der Waals surface area (Å²) in [5, 5.41) is 13.5. The summed E-state index contributed by atoms with van der Waals surface area (Å²) in [5.41, 5.74) is 2.53. The molecule has 2 aromatic rings. The third-order valence-corrected chi connectivity index (χ3v) is 7.52. The summed E-state index contributed by atoms with van der Waals surface area (Å²) in [6.07, 6.45) is 5.26. The minimum atomic E-state index is -0.630. The van der Waals surface area contributed by atoms with Crippen LogP contribution in [-0.2, 0) is 4.74 Å². The molecular formula is C24H27N3O2S. The largest absolute Gasteiger partial charge is 0.381 e. The van der Waals surface area contributed by atoms with Gasteiger partial charge in [0.1, 0.15) is 0 Å². The van der Waals surface area contributed by atoms with E-state index in [-0.39, 0.29) is 5.78 Å². The maximum atomic E-state index is 14.1. The number of hydrogen-bond acceptors (Lipinski definition) is 6. The van der Waals surface area contributed by atoms with Gasteiger partial charge >= 0.3 is 0 Å². The lowest BCUT2D eigenvalue weighted by Crippen LogP contribution is -2.52. The smallest absolute Gasteiger partial charge is 0.180 e. The van der Waals surface area contributed by atoms with Gasteiger partial charge in [-0.2, -0.15) is 5.26 Å². The summed E-state index contributed by atoms with van der Waals surface area (Å²) in [7, 11) is 0. The van der Waals surface area contributed by atoms with Gasteiger partial charge in [0.05, 0.1) is 21.4 Å². The lowest BCUT2D eigenvalue weighted by molar-refractivity contribution is 0.0836. The van der Waals surface area contributed by atoms with E-state index in [4.69, 9.17) is 4.74 Å². The van der Waals surface area contributed by atoms with Crippen LogP contribution in [0.15, 0.2) is 47.6 Å². The van der Waals surface area contributed by atoms with Crippen molar-refractivity contribution >= 4 is 17.5 Å². The van der Waals surface area contributed by atoms with Crippen LogP contribution in [0.25, 0.3) is 0 Å². The van der Waals surface area contributed by atoms with E-state index in [9.17, 15) is 10.1 Å². The van der Waals surface area contributed by atoms with Crippen molar-refractivity contribution in [1.82, 2.24) is 10.3 Å². The van der Waals surface area contributed by atoms with Crippen LogP contribution in [0.4, 0.5) is 0 Å². The van der Waals surface area contributed by atoms with Crippen molar-refractivity contribution in [3.63, 3.8) is 0 Å². The molecule has 3 heterocycles. The number of carbonyl (C=O) groups excluding carboxylic acids is 1. The predicted octanol–water partition coefficient (Wildman–Crippen LogP) is 4.33. The number of nitrogens with one attached hydrogen (secondary N) is 1. The zero-order valence-electron chi connectivity index (χ0n) is 17.3. The predicted molar refractivity (Wildman–Crippen MR) is 118 cm³/mol. The number of pyridine rings is 1. The fourth-order valence-corrected chi connectivity index (χ4v) is 5.63. The van der Waals surface area contributed by atoms with E-state index in [1.165, 1.54) is 11.8 Å². The highest BCUT2D eigenvalue weighted by Gasteiger charge is 2.44.